The van der Waals surface area contributed by atoms with Gasteiger partial charge in [0.2, 0.25) is 5.82 Å². The number of nitrogens with one attached hydrogen (secondary N) is 1. The Morgan fingerprint density at radius 2 is 1.72 bits per heavy atom. The molecule has 3 rings (SSSR count). The number of carbonyl (C=O) groups is 1. The molecule has 8 heteroatoms. The van der Waals surface area contributed by atoms with Crippen LogP contribution >= 0.6 is 0 Å². The Morgan fingerprint density at radius 3 is 2.28 bits per heavy atom. The van der Waals surface area contributed by atoms with E-state index in [1.54, 1.807) is 18.2 Å². The third kappa shape index (κ3) is 6.03. The van der Waals surface area contributed by atoms with E-state index in [-0.39, 0.29) is 29.2 Å². The summed E-state index contributed by atoms with van der Waals surface area (Å²) in [4.78, 5) is 14.8. The highest BCUT2D eigenvalue weighted by Crippen LogP contribution is 2.30. The monoisotopic (exact) mass is 446 g/mol. The molecule has 0 aromatic heterocycles. The maximum atomic E-state index is 14.5. The molecule has 7 nitrogen and oxygen atoms in total. The van der Waals surface area contributed by atoms with E-state index >= 15 is 0 Å². The lowest BCUT2D eigenvalue weighted by Crippen LogP contribution is -2.44. The Hall–Kier alpha value is -3.00. The van der Waals surface area contributed by atoms with E-state index in [1.165, 1.54) is 19.2 Å². The van der Waals surface area contributed by atoms with Crippen LogP contribution in [0.25, 0.3) is 0 Å². The number of methoxy groups -OCH3 is 1. The fourth-order valence-corrected chi connectivity index (χ4v) is 3.83. The average Bonchev–Trinajstić information content (AvgIpc) is 2.78. The molecule has 2 aromatic rings. The number of amides is 1. The predicted octanol–water partition coefficient (Wildman–Crippen LogP) is 3.73. The van der Waals surface area contributed by atoms with Crippen LogP contribution in [0.15, 0.2) is 30.3 Å². The van der Waals surface area contributed by atoms with Crippen molar-refractivity contribution in [1.82, 2.24) is 10.2 Å². The number of nitrogens with zero attached hydrogens (tertiary/aromatic N) is 1. The van der Waals surface area contributed by atoms with Gasteiger partial charge in [0.05, 0.1) is 20.3 Å². The number of aromatic hydroxyl groups is 1. The molecule has 32 heavy (non-hydrogen) atoms. The van der Waals surface area contributed by atoms with Crippen LogP contribution in [0, 0.1) is 5.82 Å². The van der Waals surface area contributed by atoms with E-state index in [0.717, 1.165) is 31.5 Å². The molecule has 0 radical (unpaired) electrons. The Labute approximate surface area is 188 Å². The van der Waals surface area contributed by atoms with E-state index < -0.39 is 5.82 Å². The summed E-state index contributed by atoms with van der Waals surface area (Å²) >= 11 is 0. The molecule has 1 aliphatic heterocycles. The quantitative estimate of drug-likeness (QED) is 0.611. The lowest BCUT2D eigenvalue weighted by Gasteiger charge is -2.32. The van der Waals surface area contributed by atoms with Gasteiger partial charge in [-0.05, 0) is 56.5 Å². The van der Waals surface area contributed by atoms with Gasteiger partial charge in [0.25, 0.3) is 5.91 Å². The van der Waals surface area contributed by atoms with Gasteiger partial charge in [-0.25, -0.2) is 0 Å². The van der Waals surface area contributed by atoms with Gasteiger partial charge in [-0.1, -0.05) is 0 Å². The summed E-state index contributed by atoms with van der Waals surface area (Å²) in [6.45, 7) is 6.62. The van der Waals surface area contributed by atoms with Crippen molar-refractivity contribution in [1.29, 1.82) is 0 Å². The van der Waals surface area contributed by atoms with E-state index in [1.807, 2.05) is 13.8 Å². The highest BCUT2D eigenvalue weighted by Gasteiger charge is 2.23. The molecule has 0 saturated carbocycles. The van der Waals surface area contributed by atoms with Crippen LogP contribution in [-0.4, -0.2) is 55.4 Å². The van der Waals surface area contributed by atoms with Crippen LogP contribution in [0.4, 0.5) is 4.39 Å². The van der Waals surface area contributed by atoms with Crippen molar-refractivity contribution < 1.29 is 28.5 Å². The minimum Gasteiger partial charge on any atom is -0.508 e. The average molecular weight is 447 g/mol. The van der Waals surface area contributed by atoms with E-state index in [9.17, 15) is 14.3 Å². The zero-order valence-corrected chi connectivity index (χ0v) is 18.8. The van der Waals surface area contributed by atoms with Crippen molar-refractivity contribution in [2.75, 3.05) is 33.4 Å². The van der Waals surface area contributed by atoms with Crippen molar-refractivity contribution >= 4 is 5.91 Å². The number of carbonyl (C=O) groups excluding carboxylic acids is 1. The first-order chi connectivity index (χ1) is 15.4. The molecule has 2 aromatic carbocycles. The molecule has 0 spiro atoms. The molecular formula is C24H31FN2O5. The summed E-state index contributed by atoms with van der Waals surface area (Å²) in [5.74, 6) is 0.124. The van der Waals surface area contributed by atoms with Crippen LogP contribution in [0.1, 0.15) is 42.6 Å². The van der Waals surface area contributed by atoms with Gasteiger partial charge in [0.1, 0.15) is 11.5 Å². The van der Waals surface area contributed by atoms with Gasteiger partial charge in [-0.2, -0.15) is 4.39 Å². The summed E-state index contributed by atoms with van der Waals surface area (Å²) in [6.07, 6.45) is 1.58. The van der Waals surface area contributed by atoms with Gasteiger partial charge >= 0.3 is 0 Å². The molecule has 174 valence electrons. The molecule has 1 amide bonds. The molecule has 1 fully saturated rings. The fraction of sp³-hybridized carbons (Fsp3) is 0.458. The largest absolute Gasteiger partial charge is 0.508 e. The summed E-state index contributed by atoms with van der Waals surface area (Å²) in [6, 6.07) is 7.98. The SMILES string of the molecule is CCOc1cc(CN2CCC(NC(=O)c3cc(O)cc(OC)c3)CC2)cc(OCC)c1F. The molecule has 0 aliphatic carbocycles. The topological polar surface area (TPSA) is 80.3 Å². The summed E-state index contributed by atoms with van der Waals surface area (Å²) in [5, 5.41) is 12.8. The number of hydrogen-bond acceptors (Lipinski definition) is 6. The standard InChI is InChI=1S/C24H31FN2O5/c1-4-31-21-10-16(11-22(23(21)25)32-5-2)15-27-8-6-18(7-9-27)26-24(29)17-12-19(28)14-20(13-17)30-3/h10-14,18,28H,4-9,15H2,1-3H3,(H,26,29). The minimum atomic E-state index is -0.470. The number of hydrogen-bond donors (Lipinski definition) is 2. The molecule has 1 saturated heterocycles. The number of halogens is 1. The predicted molar refractivity (Wildman–Crippen MR) is 119 cm³/mol. The smallest absolute Gasteiger partial charge is 0.251 e. The van der Waals surface area contributed by atoms with Crippen LogP contribution in [0.2, 0.25) is 0 Å². The second-order valence-corrected chi connectivity index (χ2v) is 7.72. The van der Waals surface area contributed by atoms with Crippen LogP contribution in [0.3, 0.4) is 0 Å². The van der Waals surface area contributed by atoms with Gasteiger partial charge in [-0.3, -0.25) is 9.69 Å². The Balaban J connectivity index is 1.58. The Morgan fingerprint density at radius 1 is 1.09 bits per heavy atom. The van der Waals surface area contributed by atoms with Crippen molar-refractivity contribution in [3.63, 3.8) is 0 Å². The normalized spacial score (nSPS) is 14.8. The number of benzene rings is 2. The highest BCUT2D eigenvalue weighted by molar-refractivity contribution is 5.95. The van der Waals surface area contributed by atoms with Gasteiger partial charge in [-0.15, -0.1) is 0 Å². The second kappa shape index (κ2) is 11.0. The Bertz CT molecular complexity index is 902. The van der Waals surface area contributed by atoms with Crippen molar-refractivity contribution in [2.24, 2.45) is 0 Å². The van der Waals surface area contributed by atoms with Crippen molar-refractivity contribution in [2.45, 2.75) is 39.3 Å². The fourth-order valence-electron chi connectivity index (χ4n) is 3.83. The lowest BCUT2D eigenvalue weighted by molar-refractivity contribution is 0.0908. The molecule has 0 unspecified atom stereocenters. The van der Waals surface area contributed by atoms with E-state index in [2.05, 4.69) is 10.2 Å². The molecule has 0 atom stereocenters. The summed E-state index contributed by atoms with van der Waals surface area (Å²) in [5.41, 5.74) is 1.29. The number of phenols is 1. The number of rotatable bonds is 9. The second-order valence-electron chi connectivity index (χ2n) is 7.72. The van der Waals surface area contributed by atoms with Crippen molar-refractivity contribution in [3.8, 4) is 23.0 Å². The van der Waals surface area contributed by atoms with E-state index in [0.29, 0.717) is 31.1 Å². The molecular weight excluding hydrogens is 415 g/mol. The van der Waals surface area contributed by atoms with Crippen LogP contribution in [-0.2, 0) is 6.54 Å². The lowest BCUT2D eigenvalue weighted by atomic mass is 10.0. The van der Waals surface area contributed by atoms with E-state index in [4.69, 9.17) is 14.2 Å². The van der Waals surface area contributed by atoms with Gasteiger partial charge < -0.3 is 24.6 Å². The molecule has 1 aliphatic rings. The first-order valence-electron chi connectivity index (χ1n) is 10.9. The van der Waals surface area contributed by atoms with Gasteiger partial charge in [0.15, 0.2) is 11.5 Å². The third-order valence-electron chi connectivity index (χ3n) is 5.38. The maximum absolute atomic E-state index is 14.5. The number of phenolic OH excluding ortho intramolecular Hbond substituents is 1. The van der Waals surface area contributed by atoms with Crippen molar-refractivity contribution in [3.05, 3.63) is 47.3 Å². The number of ether oxygens (including phenoxy) is 3. The van der Waals surface area contributed by atoms with Gasteiger partial charge in [0, 0.05) is 37.3 Å². The first kappa shape index (κ1) is 23.7. The van der Waals surface area contributed by atoms with Crippen LogP contribution in [0.5, 0.6) is 23.0 Å². The first-order valence-corrected chi connectivity index (χ1v) is 10.9. The maximum Gasteiger partial charge on any atom is 0.251 e. The molecule has 0 bridgehead atoms. The zero-order chi connectivity index (χ0) is 23.1. The summed E-state index contributed by atoms with van der Waals surface area (Å²) < 4.78 is 30.4. The number of piperidine rings is 1. The van der Waals surface area contributed by atoms with Crippen LogP contribution < -0.4 is 19.5 Å². The Kier molecular flexibility index (Phi) is 8.16. The zero-order valence-electron chi connectivity index (χ0n) is 18.8. The molecule has 2 N–H and O–H groups in total. The summed E-state index contributed by atoms with van der Waals surface area (Å²) in [7, 11) is 1.49. The highest BCUT2D eigenvalue weighted by atomic mass is 19.1. The molecule has 1 heterocycles. The number of likely N-dealkylation sites (tertiary alicyclic amines) is 1. The minimum absolute atomic E-state index is 0.0125. The third-order valence-corrected chi connectivity index (χ3v) is 5.38.